The van der Waals surface area contributed by atoms with E-state index in [2.05, 4.69) is 0 Å². The molecule has 5 heteroatoms. The van der Waals surface area contributed by atoms with E-state index in [9.17, 15) is 9.59 Å². The standard InChI is InChI=1S/C16H20O3.C3H8O2/c1-16(2,3)19-15(18)12-6-4-11(5-7-12)13-8-9-14(17)10-13;1-3(2,4)5/h4-7,13H,8-10H2,1-3H3;4-5H,1-2H3/t13-;/m1./s1. The van der Waals surface area contributed by atoms with Crippen LogP contribution in [0.15, 0.2) is 24.3 Å². The molecule has 0 unspecified atom stereocenters. The Labute approximate surface area is 143 Å². The average molecular weight is 336 g/mol. The summed E-state index contributed by atoms with van der Waals surface area (Å²) in [5.74, 6) is -1.15. The fraction of sp³-hybridized carbons (Fsp3) is 0.579. The first-order valence-electron chi connectivity index (χ1n) is 8.15. The fourth-order valence-electron chi connectivity index (χ4n) is 2.33. The second kappa shape index (κ2) is 7.90. The van der Waals surface area contributed by atoms with Gasteiger partial charge in [0.1, 0.15) is 11.4 Å². The van der Waals surface area contributed by atoms with E-state index in [1.54, 1.807) is 12.1 Å². The molecule has 1 aromatic rings. The fourth-order valence-corrected chi connectivity index (χ4v) is 2.33. The Hall–Kier alpha value is -1.72. The minimum Gasteiger partial charge on any atom is -0.456 e. The zero-order valence-corrected chi connectivity index (χ0v) is 15.1. The highest BCUT2D eigenvalue weighted by Crippen LogP contribution is 2.32. The molecule has 2 rings (SSSR count). The Bertz CT molecular complexity index is 555. The van der Waals surface area contributed by atoms with Crippen LogP contribution in [0.5, 0.6) is 0 Å². The first kappa shape index (κ1) is 20.3. The Morgan fingerprint density at radius 1 is 1.08 bits per heavy atom. The van der Waals surface area contributed by atoms with Gasteiger partial charge in [-0.15, -0.1) is 0 Å². The zero-order chi connectivity index (χ0) is 18.5. The van der Waals surface area contributed by atoms with E-state index in [4.69, 9.17) is 14.9 Å². The molecule has 1 fully saturated rings. The highest BCUT2D eigenvalue weighted by atomic mass is 16.6. The summed E-state index contributed by atoms with van der Waals surface area (Å²) in [5.41, 5.74) is 1.22. The van der Waals surface area contributed by atoms with Gasteiger partial charge in [-0.3, -0.25) is 4.79 Å². The van der Waals surface area contributed by atoms with Crippen LogP contribution < -0.4 is 0 Å². The van der Waals surface area contributed by atoms with Crippen molar-refractivity contribution in [2.75, 3.05) is 0 Å². The van der Waals surface area contributed by atoms with Crippen LogP contribution in [0.3, 0.4) is 0 Å². The molecular weight excluding hydrogens is 308 g/mol. The van der Waals surface area contributed by atoms with Crippen molar-refractivity contribution in [3.05, 3.63) is 35.4 Å². The highest BCUT2D eigenvalue weighted by molar-refractivity contribution is 5.89. The van der Waals surface area contributed by atoms with Gasteiger partial charge in [0.15, 0.2) is 5.79 Å². The van der Waals surface area contributed by atoms with Crippen molar-refractivity contribution in [1.82, 2.24) is 0 Å². The molecule has 0 amide bonds. The normalized spacial score (nSPS) is 18.0. The van der Waals surface area contributed by atoms with Crippen LogP contribution in [0, 0.1) is 0 Å². The predicted molar refractivity (Wildman–Crippen MR) is 91.7 cm³/mol. The minimum atomic E-state index is -1.50. The SMILES string of the molecule is CC(C)(C)OC(=O)c1ccc([C@@H]2CCC(=O)C2)cc1.CC(C)(O)O. The minimum absolute atomic E-state index is 0.304. The molecule has 2 N–H and O–H groups in total. The van der Waals surface area contributed by atoms with E-state index in [0.717, 1.165) is 12.0 Å². The van der Waals surface area contributed by atoms with Gasteiger partial charge < -0.3 is 14.9 Å². The number of aliphatic hydroxyl groups is 2. The van der Waals surface area contributed by atoms with Gasteiger partial charge in [-0.05, 0) is 64.7 Å². The Kier molecular flexibility index (Phi) is 6.69. The Balaban J connectivity index is 0.000000505. The van der Waals surface area contributed by atoms with E-state index in [1.807, 2.05) is 32.9 Å². The largest absolute Gasteiger partial charge is 0.456 e. The molecule has 24 heavy (non-hydrogen) atoms. The molecular formula is C19H28O5. The van der Waals surface area contributed by atoms with Crippen LogP contribution in [0.25, 0.3) is 0 Å². The molecule has 1 aromatic carbocycles. The topological polar surface area (TPSA) is 83.8 Å². The number of benzene rings is 1. The van der Waals surface area contributed by atoms with Crippen molar-refractivity contribution in [2.45, 2.75) is 71.2 Å². The molecule has 0 aromatic heterocycles. The quantitative estimate of drug-likeness (QED) is 0.640. The molecule has 1 aliphatic rings. The van der Waals surface area contributed by atoms with Crippen LogP contribution in [0.2, 0.25) is 0 Å². The predicted octanol–water partition coefficient (Wildman–Crippen LogP) is 3.19. The highest BCUT2D eigenvalue weighted by Gasteiger charge is 2.24. The summed E-state index contributed by atoms with van der Waals surface area (Å²) in [5, 5.41) is 16.2. The molecule has 0 aliphatic heterocycles. The van der Waals surface area contributed by atoms with Gasteiger partial charge in [-0.2, -0.15) is 0 Å². The van der Waals surface area contributed by atoms with E-state index in [0.29, 0.717) is 30.1 Å². The summed E-state index contributed by atoms with van der Waals surface area (Å²) in [6, 6.07) is 7.43. The number of ketones is 1. The van der Waals surface area contributed by atoms with Gasteiger partial charge in [0.05, 0.1) is 5.56 Å². The summed E-state index contributed by atoms with van der Waals surface area (Å²) in [7, 11) is 0. The summed E-state index contributed by atoms with van der Waals surface area (Å²) in [6.45, 7) is 8.15. The number of ether oxygens (including phenoxy) is 1. The third-order valence-electron chi connectivity index (χ3n) is 3.26. The number of esters is 1. The molecule has 1 aliphatic carbocycles. The van der Waals surface area contributed by atoms with E-state index in [-0.39, 0.29) is 5.97 Å². The first-order chi connectivity index (χ1) is 10.8. The second-order valence-electron chi connectivity index (χ2n) is 7.60. The van der Waals surface area contributed by atoms with Gasteiger partial charge >= 0.3 is 5.97 Å². The molecule has 0 heterocycles. The van der Waals surface area contributed by atoms with Crippen LogP contribution in [0.1, 0.15) is 75.7 Å². The van der Waals surface area contributed by atoms with Crippen molar-refractivity contribution in [2.24, 2.45) is 0 Å². The maximum Gasteiger partial charge on any atom is 0.338 e. The molecule has 1 atom stereocenters. The van der Waals surface area contributed by atoms with Gasteiger partial charge in [-0.25, -0.2) is 4.79 Å². The maximum absolute atomic E-state index is 11.9. The smallest absolute Gasteiger partial charge is 0.338 e. The van der Waals surface area contributed by atoms with Gasteiger partial charge in [-0.1, -0.05) is 12.1 Å². The molecule has 0 bridgehead atoms. The van der Waals surface area contributed by atoms with Crippen molar-refractivity contribution in [1.29, 1.82) is 0 Å². The van der Waals surface area contributed by atoms with Crippen molar-refractivity contribution < 1.29 is 24.5 Å². The number of rotatable bonds is 2. The molecule has 0 spiro atoms. The lowest BCUT2D eigenvalue weighted by atomic mass is 9.96. The van der Waals surface area contributed by atoms with Crippen LogP contribution in [-0.4, -0.2) is 33.4 Å². The van der Waals surface area contributed by atoms with Gasteiger partial charge in [0, 0.05) is 12.8 Å². The molecule has 1 saturated carbocycles. The third kappa shape index (κ3) is 8.22. The maximum atomic E-state index is 11.9. The number of hydrogen-bond donors (Lipinski definition) is 2. The number of carbonyl (C=O) groups is 2. The molecule has 5 nitrogen and oxygen atoms in total. The molecule has 0 radical (unpaired) electrons. The lowest BCUT2D eigenvalue weighted by molar-refractivity contribution is -0.127. The Morgan fingerprint density at radius 3 is 1.96 bits per heavy atom. The number of Topliss-reactive ketones (excluding diaryl/α,β-unsaturated/α-hetero) is 1. The summed E-state index contributed by atoms with van der Waals surface area (Å²) < 4.78 is 5.31. The molecule has 134 valence electrons. The third-order valence-corrected chi connectivity index (χ3v) is 3.26. The van der Waals surface area contributed by atoms with Crippen LogP contribution in [-0.2, 0) is 9.53 Å². The lowest BCUT2D eigenvalue weighted by Crippen LogP contribution is -2.23. The summed E-state index contributed by atoms with van der Waals surface area (Å²) in [6.07, 6.45) is 2.23. The second-order valence-corrected chi connectivity index (χ2v) is 7.60. The first-order valence-corrected chi connectivity index (χ1v) is 8.15. The van der Waals surface area contributed by atoms with Crippen molar-refractivity contribution in [3.63, 3.8) is 0 Å². The lowest BCUT2D eigenvalue weighted by Gasteiger charge is -2.19. The van der Waals surface area contributed by atoms with Gasteiger partial charge in [0.25, 0.3) is 0 Å². The van der Waals surface area contributed by atoms with Crippen molar-refractivity contribution >= 4 is 11.8 Å². The number of hydrogen-bond acceptors (Lipinski definition) is 5. The average Bonchev–Trinajstić information content (AvgIpc) is 2.82. The van der Waals surface area contributed by atoms with Crippen LogP contribution >= 0.6 is 0 Å². The monoisotopic (exact) mass is 336 g/mol. The Morgan fingerprint density at radius 2 is 1.58 bits per heavy atom. The zero-order valence-electron chi connectivity index (χ0n) is 15.1. The van der Waals surface area contributed by atoms with E-state index in [1.165, 1.54) is 13.8 Å². The number of carbonyl (C=O) groups excluding carboxylic acids is 2. The van der Waals surface area contributed by atoms with E-state index >= 15 is 0 Å². The van der Waals surface area contributed by atoms with Gasteiger partial charge in [0.2, 0.25) is 0 Å². The molecule has 0 saturated heterocycles. The van der Waals surface area contributed by atoms with Crippen LogP contribution in [0.4, 0.5) is 0 Å². The summed E-state index contributed by atoms with van der Waals surface area (Å²) >= 11 is 0. The van der Waals surface area contributed by atoms with Crippen molar-refractivity contribution in [3.8, 4) is 0 Å². The summed E-state index contributed by atoms with van der Waals surface area (Å²) in [4.78, 5) is 23.2. The van der Waals surface area contributed by atoms with E-state index < -0.39 is 11.4 Å².